The second-order valence-electron chi connectivity index (χ2n) is 32.7. The average Bonchev–Trinajstić information content (AvgIpc) is 1.63. The summed E-state index contributed by atoms with van der Waals surface area (Å²) in [7, 11) is 0. The number of rotatable bonds is 16. The molecule has 0 aliphatic carbocycles. The summed E-state index contributed by atoms with van der Waals surface area (Å²) in [6.45, 7) is 0. The van der Waals surface area contributed by atoms with Crippen LogP contribution in [0.15, 0.2) is 507 Å². The molecule has 18 aromatic carbocycles. The van der Waals surface area contributed by atoms with Crippen LogP contribution in [0.4, 0.5) is 0 Å². The standard InChI is InChI=1S/2C21H15N2.2C21H14N2.C21H12NO2.C21H12NS2.2Pt/c2*1-3-7-17(8-4-1)18-11-13-19(14-12-18)20-15-22-23(16-20)21-9-5-2-6-10-21;2*1-3-7-16(8-4-1)17-11-13-19(14-12-17)21-15-20(22-23-21)18-9-5-2-6-10-18;2*1-2-7-19-17(6-1)18-9-8-15(13-20(18)24-19)14-4-3-5-16(12-14)21-22-10-11-23-21;;/h2*1-9,11-16H;2*1-9,11-15H;2*1-4,6-13H;;/q2*-1;2*-2;2*-1;2*+4. The Bertz CT molecular complexity index is 7670. The van der Waals surface area contributed by atoms with Crippen LogP contribution in [-0.2, 0) is 42.1 Å². The first-order chi connectivity index (χ1) is 69.4. The molecular weight excluding hydrogens is 2140 g/mol. The van der Waals surface area contributed by atoms with Gasteiger partial charge in [0.1, 0.15) is 17.1 Å². The monoisotopic (exact) mass is 2220 g/mol. The van der Waals surface area contributed by atoms with Crippen LogP contribution in [0.2, 0.25) is 0 Å². The molecule has 26 aromatic rings. The molecule has 12 nitrogen and oxygen atoms in total. The number of furan rings is 1. The van der Waals surface area contributed by atoms with Crippen LogP contribution >= 0.6 is 22.7 Å². The molecule has 0 aliphatic rings. The first kappa shape index (κ1) is 94.0. The van der Waals surface area contributed by atoms with Gasteiger partial charge in [0.25, 0.3) is 0 Å². The topological polar surface area (TPSA) is 142 Å². The summed E-state index contributed by atoms with van der Waals surface area (Å²) in [5.74, 6) is 0.571. The van der Waals surface area contributed by atoms with Crippen LogP contribution in [0.25, 0.3) is 210 Å². The maximum atomic E-state index is 5.98. The smallest absolute Gasteiger partial charge is 0.618 e. The van der Waals surface area contributed by atoms with E-state index in [1.165, 1.54) is 75.8 Å². The molecule has 26 rings (SSSR count). The van der Waals surface area contributed by atoms with Crippen molar-refractivity contribution in [2.24, 2.45) is 0 Å². The maximum Gasteiger partial charge on any atom is 4.00 e. The summed E-state index contributed by atoms with van der Waals surface area (Å²) in [6, 6.07) is 172. The van der Waals surface area contributed by atoms with Crippen LogP contribution in [0, 0.1) is 36.4 Å². The van der Waals surface area contributed by atoms with E-state index in [2.05, 4.69) is 350 Å². The third kappa shape index (κ3) is 22.6. The number of aromatic nitrogens is 10. The number of nitrogens with zero attached hydrogens (tertiary/aromatic N) is 10. The summed E-state index contributed by atoms with van der Waals surface area (Å²) in [4.78, 5) is 8.57. The van der Waals surface area contributed by atoms with E-state index in [1.54, 1.807) is 23.8 Å². The fourth-order valence-corrected chi connectivity index (χ4v) is 18.2. The third-order valence-electron chi connectivity index (χ3n) is 23.7. The Morgan fingerprint density at radius 3 is 1.11 bits per heavy atom. The molecule has 0 bridgehead atoms. The summed E-state index contributed by atoms with van der Waals surface area (Å²) in [5, 5.41) is 33.9. The van der Waals surface area contributed by atoms with E-state index < -0.39 is 0 Å². The fourth-order valence-electron chi connectivity index (χ4n) is 16.5. The molecule has 0 saturated carbocycles. The van der Waals surface area contributed by atoms with E-state index in [9.17, 15) is 0 Å². The minimum atomic E-state index is 0. The predicted octanol–water partition coefficient (Wildman–Crippen LogP) is 32.0. The van der Waals surface area contributed by atoms with E-state index in [4.69, 9.17) is 8.83 Å². The van der Waals surface area contributed by atoms with Crippen LogP contribution in [0.3, 0.4) is 0 Å². The van der Waals surface area contributed by atoms with Crippen molar-refractivity contribution in [3.63, 3.8) is 0 Å². The van der Waals surface area contributed by atoms with Gasteiger partial charge in [-0.1, -0.05) is 291 Å². The predicted molar refractivity (Wildman–Crippen MR) is 570 cm³/mol. The van der Waals surface area contributed by atoms with Crippen molar-refractivity contribution in [3.05, 3.63) is 534 Å². The van der Waals surface area contributed by atoms with E-state index in [0.29, 0.717) is 5.89 Å². The van der Waals surface area contributed by atoms with Crippen molar-refractivity contribution in [2.45, 2.75) is 0 Å². The molecular formula is C126H82N10O2Pt2S2. The minimum absolute atomic E-state index is 0. The molecule has 16 heteroatoms. The van der Waals surface area contributed by atoms with E-state index in [-0.39, 0.29) is 42.1 Å². The van der Waals surface area contributed by atoms with Crippen molar-refractivity contribution in [1.82, 2.24) is 49.9 Å². The van der Waals surface area contributed by atoms with Gasteiger partial charge in [-0.3, -0.25) is 19.3 Å². The summed E-state index contributed by atoms with van der Waals surface area (Å²) in [5.41, 5.74) is 32.0. The van der Waals surface area contributed by atoms with E-state index in [1.807, 2.05) is 233 Å². The molecule has 0 amide bonds. The van der Waals surface area contributed by atoms with Crippen LogP contribution in [0.5, 0.6) is 0 Å². The number of hydrogen-bond acceptors (Lipinski definition) is 10. The van der Waals surface area contributed by atoms with Gasteiger partial charge in [0, 0.05) is 82.4 Å². The third-order valence-corrected chi connectivity index (χ3v) is 25.6. The number of fused-ring (bicyclic) bond motifs is 6. The number of hydrogen-bond donors (Lipinski definition) is 0. The molecule has 0 aliphatic heterocycles. The van der Waals surface area contributed by atoms with Crippen molar-refractivity contribution in [2.75, 3.05) is 0 Å². The number of benzene rings is 18. The number of para-hydroxylation sites is 3. The van der Waals surface area contributed by atoms with Gasteiger partial charge in [0.2, 0.25) is 0 Å². The van der Waals surface area contributed by atoms with Crippen molar-refractivity contribution >= 4 is 64.8 Å². The number of oxazole rings is 1. The van der Waals surface area contributed by atoms with Gasteiger partial charge in [-0.25, -0.2) is 11.4 Å². The Morgan fingerprint density at radius 1 is 0.268 bits per heavy atom. The van der Waals surface area contributed by atoms with Gasteiger partial charge in [-0.2, -0.15) is 81.2 Å². The first-order valence-electron chi connectivity index (χ1n) is 45.7. The molecule has 0 spiro atoms. The van der Waals surface area contributed by atoms with Crippen LogP contribution in [0.1, 0.15) is 0 Å². The first-order valence-corrected chi connectivity index (χ1v) is 47.4. The summed E-state index contributed by atoms with van der Waals surface area (Å²) < 4.78 is 17.7. The van der Waals surface area contributed by atoms with Gasteiger partial charge in [0.05, 0.1) is 24.9 Å². The van der Waals surface area contributed by atoms with Crippen LogP contribution in [-0.4, -0.2) is 39.7 Å². The Kier molecular flexibility index (Phi) is 30.2. The zero-order valence-electron chi connectivity index (χ0n) is 76.1. The van der Waals surface area contributed by atoms with Crippen molar-refractivity contribution in [1.29, 1.82) is 0 Å². The Hall–Kier alpha value is -17.0. The van der Waals surface area contributed by atoms with Gasteiger partial charge in [-0.15, -0.1) is 149 Å². The Labute approximate surface area is 859 Å². The normalized spacial score (nSPS) is 10.7. The zero-order chi connectivity index (χ0) is 93.8. The zero-order valence-corrected chi connectivity index (χ0v) is 82.3. The van der Waals surface area contributed by atoms with Gasteiger partial charge >= 0.3 is 42.1 Å². The SMILES string of the molecule is [Pt+4].[Pt+4].[c-]1ccc(-c2ccc3c(c2)oc2ccccc23)cc1-c1ncco1.[c-]1ccc(-c2ccc3c(c2)sc2ccccc23)cc1-c1nccs1.[c-]1ccccc1-c1cc(-c2ccc(-c3ccccc3)cc2)n[n-]1.[c-]1ccccc1-c1cc(-c2ccc(-c3ccccc3)cc2)n[n-]1.[c-]1ccccc1-n1cc(-c2ccc(-c3ccccc3)cc2)cn1.[c-]1ccccc1-n1cc(-c2ccc(-c3ccccc3)cc2)cn1. The molecule has 0 radical (unpaired) electrons. The second-order valence-corrected chi connectivity index (χ2v) is 34.7. The minimum Gasteiger partial charge on any atom is -0.618 e. The quantitative estimate of drug-likeness (QED) is 0.0858. The molecule has 142 heavy (non-hydrogen) atoms. The molecule has 0 fully saturated rings. The molecule has 0 saturated heterocycles. The van der Waals surface area contributed by atoms with Gasteiger partial charge in [-0.05, 0) is 120 Å². The molecule has 8 heterocycles. The Balaban J connectivity index is 0.000000108. The summed E-state index contributed by atoms with van der Waals surface area (Å²) in [6.07, 6.45) is 12.9. The molecule has 8 aromatic heterocycles. The van der Waals surface area contributed by atoms with Crippen LogP contribution < -0.4 is 10.2 Å². The largest absolute Gasteiger partial charge is 4.00 e. The molecule has 0 unspecified atom stereocenters. The van der Waals surface area contributed by atoms with Gasteiger partial charge in [0.15, 0.2) is 0 Å². The van der Waals surface area contributed by atoms with Crippen molar-refractivity contribution in [3.8, 4) is 167 Å². The van der Waals surface area contributed by atoms with E-state index in [0.717, 1.165) is 128 Å². The molecule has 0 N–H and O–H groups in total. The Morgan fingerprint density at radius 2 is 0.648 bits per heavy atom. The maximum absolute atomic E-state index is 5.98. The second kappa shape index (κ2) is 45.5. The fraction of sp³-hybridized carbons (Fsp3) is 0. The van der Waals surface area contributed by atoms with Gasteiger partial charge < -0.3 is 29.2 Å². The van der Waals surface area contributed by atoms with E-state index >= 15 is 0 Å². The molecule has 0 atom stereocenters. The molecule has 680 valence electrons. The summed E-state index contributed by atoms with van der Waals surface area (Å²) >= 11 is 3.50. The number of thiophene rings is 1. The number of thiazole rings is 1. The van der Waals surface area contributed by atoms with Crippen molar-refractivity contribution < 1.29 is 51.0 Å². The average molecular weight is 2220 g/mol.